The molecule has 2 aromatic rings. The van der Waals surface area contributed by atoms with Crippen molar-refractivity contribution in [1.82, 2.24) is 14.5 Å². The van der Waals surface area contributed by atoms with E-state index in [4.69, 9.17) is 12.2 Å². The van der Waals surface area contributed by atoms with Crippen LogP contribution in [0.2, 0.25) is 0 Å². The molecule has 3 rings (SSSR count). The Hall–Kier alpha value is -1.92. The zero-order valence-corrected chi connectivity index (χ0v) is 14.9. The van der Waals surface area contributed by atoms with Gasteiger partial charge in [0, 0.05) is 24.1 Å². The number of hydrogen-bond acceptors (Lipinski definition) is 4. The number of aromatic nitrogens is 2. The quantitative estimate of drug-likeness (QED) is 0.629. The molecule has 1 saturated heterocycles. The highest BCUT2D eigenvalue weighted by atomic mass is 32.2. The Morgan fingerprint density at radius 2 is 2.13 bits per heavy atom. The lowest BCUT2D eigenvalue weighted by molar-refractivity contribution is -0.121. The fourth-order valence-corrected chi connectivity index (χ4v) is 4.06. The maximum absolute atomic E-state index is 12.4. The average Bonchev–Trinajstić information content (AvgIpc) is 2.96. The molecule has 2 aromatic heterocycles. The van der Waals surface area contributed by atoms with E-state index in [0.717, 1.165) is 22.8 Å². The molecular formula is C17H17N3OS2. The first-order valence-corrected chi connectivity index (χ1v) is 8.61. The van der Waals surface area contributed by atoms with Gasteiger partial charge in [0.2, 0.25) is 0 Å². The molecule has 1 aliphatic rings. The summed E-state index contributed by atoms with van der Waals surface area (Å²) in [4.78, 5) is 19.1. The van der Waals surface area contributed by atoms with Crippen LogP contribution in [0, 0.1) is 13.8 Å². The number of hydrogen-bond donors (Lipinski definition) is 0. The third-order valence-corrected chi connectivity index (χ3v) is 5.20. The van der Waals surface area contributed by atoms with E-state index < -0.39 is 0 Å². The molecule has 3 heterocycles. The van der Waals surface area contributed by atoms with Gasteiger partial charge in [-0.2, -0.15) is 0 Å². The molecule has 4 nitrogen and oxygen atoms in total. The van der Waals surface area contributed by atoms with Gasteiger partial charge in [-0.1, -0.05) is 30.0 Å². The zero-order chi connectivity index (χ0) is 16.6. The number of carbonyl (C=O) groups excluding carboxylic acids is 1. The number of thiocarbonyl (C=S) groups is 1. The Labute approximate surface area is 145 Å². The summed E-state index contributed by atoms with van der Waals surface area (Å²) in [7, 11) is 0. The summed E-state index contributed by atoms with van der Waals surface area (Å²) < 4.78 is 2.72. The van der Waals surface area contributed by atoms with Gasteiger partial charge in [-0.25, -0.2) is 4.98 Å². The molecule has 0 atom stereocenters. The van der Waals surface area contributed by atoms with Crippen LogP contribution in [0.3, 0.4) is 0 Å². The number of thioether (sulfide) groups is 1. The molecule has 0 aliphatic carbocycles. The molecule has 6 heteroatoms. The number of amides is 1. The van der Waals surface area contributed by atoms with Gasteiger partial charge in [-0.3, -0.25) is 9.69 Å². The Morgan fingerprint density at radius 1 is 1.35 bits per heavy atom. The van der Waals surface area contributed by atoms with Gasteiger partial charge >= 0.3 is 0 Å². The molecule has 0 saturated carbocycles. The lowest BCUT2D eigenvalue weighted by Gasteiger charge is -2.09. The van der Waals surface area contributed by atoms with Crippen LogP contribution in [-0.2, 0) is 4.79 Å². The van der Waals surface area contributed by atoms with Gasteiger partial charge < -0.3 is 4.57 Å². The molecular weight excluding hydrogens is 326 g/mol. The summed E-state index contributed by atoms with van der Waals surface area (Å²) >= 11 is 6.63. The first-order chi connectivity index (χ1) is 11.0. The molecule has 0 spiro atoms. The highest BCUT2D eigenvalue weighted by Crippen LogP contribution is 2.33. The van der Waals surface area contributed by atoms with Crippen LogP contribution in [0.25, 0.3) is 11.9 Å². The first-order valence-electron chi connectivity index (χ1n) is 7.38. The van der Waals surface area contributed by atoms with Crippen molar-refractivity contribution in [3.05, 3.63) is 52.3 Å². The molecule has 118 valence electrons. The average molecular weight is 343 g/mol. The van der Waals surface area contributed by atoms with Crippen molar-refractivity contribution in [2.45, 2.75) is 20.8 Å². The van der Waals surface area contributed by atoms with Crippen molar-refractivity contribution in [3.63, 3.8) is 0 Å². The van der Waals surface area contributed by atoms with Crippen LogP contribution in [-0.4, -0.2) is 31.2 Å². The Morgan fingerprint density at radius 3 is 2.74 bits per heavy atom. The summed E-state index contributed by atoms with van der Waals surface area (Å²) in [6.45, 7) is 6.61. The second-order valence-electron chi connectivity index (χ2n) is 5.28. The summed E-state index contributed by atoms with van der Waals surface area (Å²) in [5, 5.41) is 0. The topological polar surface area (TPSA) is 38.1 Å². The summed E-state index contributed by atoms with van der Waals surface area (Å²) in [6, 6.07) is 7.91. The fraction of sp³-hybridized carbons (Fsp3) is 0.235. The Bertz CT molecular complexity index is 809. The van der Waals surface area contributed by atoms with Gasteiger partial charge in [0.1, 0.15) is 10.1 Å². The van der Waals surface area contributed by atoms with E-state index in [2.05, 4.69) is 15.6 Å². The highest BCUT2D eigenvalue weighted by molar-refractivity contribution is 8.26. The predicted molar refractivity (Wildman–Crippen MR) is 98.6 cm³/mol. The van der Waals surface area contributed by atoms with Gasteiger partial charge in [-0.05, 0) is 50.6 Å². The number of likely N-dealkylation sites (N-methyl/N-ethyl adjacent to an activating group) is 1. The molecule has 1 aliphatic heterocycles. The molecule has 0 bridgehead atoms. The molecule has 0 radical (unpaired) electrons. The van der Waals surface area contributed by atoms with Crippen molar-refractivity contribution in [1.29, 1.82) is 0 Å². The smallest absolute Gasteiger partial charge is 0.266 e. The van der Waals surface area contributed by atoms with Gasteiger partial charge in [0.05, 0.1) is 4.91 Å². The van der Waals surface area contributed by atoms with Crippen molar-refractivity contribution >= 4 is 40.3 Å². The van der Waals surface area contributed by atoms with E-state index >= 15 is 0 Å². The van der Waals surface area contributed by atoms with Crippen molar-refractivity contribution in [2.24, 2.45) is 0 Å². The van der Waals surface area contributed by atoms with Crippen LogP contribution in [0.15, 0.2) is 35.4 Å². The zero-order valence-electron chi connectivity index (χ0n) is 13.2. The first kappa shape index (κ1) is 16.0. The van der Waals surface area contributed by atoms with Crippen molar-refractivity contribution < 1.29 is 4.79 Å². The molecule has 1 amide bonds. The second-order valence-corrected chi connectivity index (χ2v) is 6.95. The van der Waals surface area contributed by atoms with Crippen molar-refractivity contribution in [2.75, 3.05) is 6.54 Å². The van der Waals surface area contributed by atoms with E-state index in [1.54, 1.807) is 11.1 Å². The number of aryl methyl sites for hydroxylation is 1. The second kappa shape index (κ2) is 6.29. The highest BCUT2D eigenvalue weighted by Gasteiger charge is 2.30. The minimum Gasteiger partial charge on any atom is -0.303 e. The van der Waals surface area contributed by atoms with E-state index in [1.807, 2.05) is 45.0 Å². The lowest BCUT2D eigenvalue weighted by atomic mass is 10.2. The summed E-state index contributed by atoms with van der Waals surface area (Å²) in [6.07, 6.45) is 3.71. The standard InChI is InChI=1S/C17H17N3OS2/c1-4-19-16(21)14(23-17(19)22)10-13-9-11(2)20(12(13)3)15-7-5-6-8-18-15/h5-10H,4H2,1-3H3/b14-10-. The fourth-order valence-electron chi connectivity index (χ4n) is 2.69. The third kappa shape index (κ3) is 2.84. The van der Waals surface area contributed by atoms with E-state index in [0.29, 0.717) is 15.8 Å². The van der Waals surface area contributed by atoms with Crippen LogP contribution in [0.5, 0.6) is 0 Å². The van der Waals surface area contributed by atoms with Crippen LogP contribution in [0.1, 0.15) is 23.9 Å². The monoisotopic (exact) mass is 343 g/mol. The number of rotatable bonds is 3. The third-order valence-electron chi connectivity index (χ3n) is 3.83. The number of pyridine rings is 1. The van der Waals surface area contributed by atoms with E-state index in [9.17, 15) is 4.79 Å². The van der Waals surface area contributed by atoms with Crippen LogP contribution < -0.4 is 0 Å². The van der Waals surface area contributed by atoms with Crippen LogP contribution >= 0.6 is 24.0 Å². The molecule has 1 fully saturated rings. The van der Waals surface area contributed by atoms with Gasteiger partial charge in [0.25, 0.3) is 5.91 Å². The Kier molecular flexibility index (Phi) is 4.37. The Balaban J connectivity index is 2.02. The predicted octanol–water partition coefficient (Wildman–Crippen LogP) is 3.71. The molecule has 0 unspecified atom stereocenters. The largest absolute Gasteiger partial charge is 0.303 e. The van der Waals surface area contributed by atoms with Crippen LogP contribution in [0.4, 0.5) is 0 Å². The molecule has 0 aromatic carbocycles. The number of nitrogens with zero attached hydrogens (tertiary/aromatic N) is 3. The lowest BCUT2D eigenvalue weighted by Crippen LogP contribution is -2.27. The maximum atomic E-state index is 12.4. The maximum Gasteiger partial charge on any atom is 0.266 e. The summed E-state index contributed by atoms with van der Waals surface area (Å²) in [5.41, 5.74) is 3.16. The molecule has 0 N–H and O–H groups in total. The minimum absolute atomic E-state index is 0.00913. The van der Waals surface area contributed by atoms with Gasteiger partial charge in [0.15, 0.2) is 0 Å². The summed E-state index contributed by atoms with van der Waals surface area (Å²) in [5.74, 6) is 0.869. The minimum atomic E-state index is -0.00913. The van der Waals surface area contributed by atoms with Gasteiger partial charge in [-0.15, -0.1) is 0 Å². The SMILES string of the molecule is CCN1C(=O)/C(=C/c2cc(C)n(-c3ccccn3)c2C)SC1=S. The normalized spacial score (nSPS) is 16.7. The number of carbonyl (C=O) groups is 1. The molecule has 23 heavy (non-hydrogen) atoms. The van der Waals surface area contributed by atoms with E-state index in [1.165, 1.54) is 11.8 Å². The van der Waals surface area contributed by atoms with E-state index in [-0.39, 0.29) is 5.91 Å². The van der Waals surface area contributed by atoms with Crippen molar-refractivity contribution in [3.8, 4) is 5.82 Å².